The molecule has 0 aromatic rings. The minimum absolute atomic E-state index is 0. The van der Waals surface area contributed by atoms with E-state index in [0.717, 1.165) is 0 Å². The molecule has 0 aromatic carbocycles. The van der Waals surface area contributed by atoms with Gasteiger partial charge in [0.25, 0.3) is 0 Å². The minimum Gasteiger partial charge on any atom is -0.313 e. The van der Waals surface area contributed by atoms with E-state index in [1.807, 2.05) is 0 Å². The fraction of sp³-hybridized carbons (Fsp3) is 0.500. The summed E-state index contributed by atoms with van der Waals surface area (Å²) in [5.74, 6) is 0. The molecule has 0 bridgehead atoms. The van der Waals surface area contributed by atoms with E-state index < -0.39 is 6.67 Å². The van der Waals surface area contributed by atoms with Gasteiger partial charge in [-0.2, -0.15) is 0 Å². The smallest absolute Gasteiger partial charge is 0 e. The first-order valence-corrected chi connectivity index (χ1v) is 0.767. The van der Waals surface area contributed by atoms with Gasteiger partial charge in [-0.05, 0) is 6.67 Å². The van der Waals surface area contributed by atoms with Crippen LogP contribution in [0.5, 0.6) is 0 Å². The van der Waals surface area contributed by atoms with Gasteiger partial charge in [-0.3, -0.25) is 4.39 Å². The number of hydrogen-bond acceptors (Lipinski definition) is 0. The summed E-state index contributed by atoms with van der Waals surface area (Å²) in [7, 11) is 0. The Kier molecular flexibility index (Phi) is 20.0. The first kappa shape index (κ1) is 8.90. The van der Waals surface area contributed by atoms with Crippen molar-refractivity contribution in [1.82, 2.24) is 0 Å². The summed E-state index contributed by atoms with van der Waals surface area (Å²) in [6.45, 7) is 2.32. The van der Waals surface area contributed by atoms with Crippen LogP contribution in [-0.2, 0) is 32.7 Å². The Bertz CT molecular complexity index is 6.00. The molecule has 0 aliphatic heterocycles. The van der Waals surface area contributed by atoms with Crippen molar-refractivity contribution in [2.75, 3.05) is 6.67 Å². The third kappa shape index (κ3) is 11.7. The minimum atomic E-state index is -0.500. The van der Waals surface area contributed by atoms with Crippen LogP contribution in [0, 0.1) is 6.92 Å². The van der Waals surface area contributed by atoms with Crippen molar-refractivity contribution in [1.29, 1.82) is 0 Å². The van der Waals surface area contributed by atoms with Crippen LogP contribution >= 0.6 is 0 Å². The van der Waals surface area contributed by atoms with Gasteiger partial charge in [-0.15, -0.1) is 0 Å². The summed E-state index contributed by atoms with van der Waals surface area (Å²) in [6.07, 6.45) is 0. The Morgan fingerprint density at radius 2 is 1.75 bits per heavy atom. The average molecular weight is 136 g/mol. The van der Waals surface area contributed by atoms with Crippen LogP contribution in [0.25, 0.3) is 0 Å². The SMILES string of the molecule is [CH2-]CF.[Y]. The van der Waals surface area contributed by atoms with E-state index in [2.05, 4.69) is 6.92 Å². The average Bonchev–Trinajstić information content (AvgIpc) is 0.918. The molecule has 0 saturated carbocycles. The molecule has 0 spiro atoms. The number of rotatable bonds is 0. The maximum atomic E-state index is 10.2. The quantitative estimate of drug-likeness (QED) is 0.432. The molecular weight excluding hydrogens is 132 g/mol. The zero-order valence-electron chi connectivity index (χ0n) is 2.37. The van der Waals surface area contributed by atoms with E-state index in [0.29, 0.717) is 0 Å². The van der Waals surface area contributed by atoms with Crippen molar-refractivity contribution in [3.63, 3.8) is 0 Å². The number of halogens is 1. The van der Waals surface area contributed by atoms with E-state index >= 15 is 0 Å². The van der Waals surface area contributed by atoms with Crippen LogP contribution in [0.2, 0.25) is 0 Å². The summed E-state index contributed by atoms with van der Waals surface area (Å²) in [5.41, 5.74) is 0. The molecule has 0 amide bonds. The fourth-order valence-corrected chi connectivity index (χ4v) is 0. The molecule has 0 aliphatic rings. The van der Waals surface area contributed by atoms with E-state index in [1.54, 1.807) is 0 Å². The van der Waals surface area contributed by atoms with E-state index in [-0.39, 0.29) is 32.7 Å². The number of hydrogen-bond donors (Lipinski definition) is 0. The normalized spacial score (nSPS) is 4.50. The summed E-state index contributed by atoms with van der Waals surface area (Å²) in [6, 6.07) is 0. The van der Waals surface area contributed by atoms with Gasteiger partial charge in [-0.1, -0.05) is 0 Å². The van der Waals surface area contributed by atoms with Gasteiger partial charge in [0, 0.05) is 32.7 Å². The predicted molar refractivity (Wildman–Crippen MR) is 11.3 cm³/mol. The molecule has 0 nitrogen and oxygen atoms in total. The van der Waals surface area contributed by atoms with E-state index in [9.17, 15) is 4.39 Å². The summed E-state index contributed by atoms with van der Waals surface area (Å²) in [4.78, 5) is 0. The van der Waals surface area contributed by atoms with Crippen molar-refractivity contribution in [3.8, 4) is 0 Å². The van der Waals surface area contributed by atoms with Crippen LogP contribution in [0.1, 0.15) is 0 Å². The van der Waals surface area contributed by atoms with Crippen LogP contribution in [0.15, 0.2) is 0 Å². The molecule has 0 heterocycles. The molecule has 0 rings (SSSR count). The first-order valence-electron chi connectivity index (χ1n) is 0.767. The second-order valence-corrected chi connectivity index (χ2v) is 0.189. The molecule has 1 radical (unpaired) electrons. The van der Waals surface area contributed by atoms with Crippen LogP contribution in [0.4, 0.5) is 4.39 Å². The third-order valence-corrected chi connectivity index (χ3v) is 0. The maximum Gasteiger partial charge on any atom is 0 e. The third-order valence-electron chi connectivity index (χ3n) is 0. The van der Waals surface area contributed by atoms with Crippen molar-refractivity contribution >= 4 is 0 Å². The second kappa shape index (κ2) is 8.98. The monoisotopic (exact) mass is 136 g/mol. The Labute approximate surface area is 50.7 Å². The Hall–Kier alpha value is 1.03. The van der Waals surface area contributed by atoms with Gasteiger partial charge in [-0.25, -0.2) is 0 Å². The number of alkyl halides is 1. The van der Waals surface area contributed by atoms with Crippen LogP contribution < -0.4 is 0 Å². The van der Waals surface area contributed by atoms with Gasteiger partial charge >= 0.3 is 0 Å². The summed E-state index contributed by atoms with van der Waals surface area (Å²) in [5, 5.41) is 0. The maximum absolute atomic E-state index is 10.2. The van der Waals surface area contributed by atoms with Crippen molar-refractivity contribution in [3.05, 3.63) is 6.92 Å². The molecule has 0 saturated heterocycles. The van der Waals surface area contributed by atoms with E-state index in [1.165, 1.54) is 0 Å². The molecule has 0 fully saturated rings. The van der Waals surface area contributed by atoms with Crippen molar-refractivity contribution < 1.29 is 37.1 Å². The van der Waals surface area contributed by atoms with Crippen molar-refractivity contribution in [2.24, 2.45) is 0 Å². The molecular formula is C2H4FY-. The molecule has 0 unspecified atom stereocenters. The van der Waals surface area contributed by atoms with Gasteiger partial charge < -0.3 is 6.92 Å². The molecule has 0 N–H and O–H groups in total. The molecule has 4 heavy (non-hydrogen) atoms. The largest absolute Gasteiger partial charge is 0.313 e. The second-order valence-electron chi connectivity index (χ2n) is 0.189. The predicted octanol–water partition coefficient (Wildman–Crippen LogP) is 0.787. The zero-order chi connectivity index (χ0) is 2.71. The van der Waals surface area contributed by atoms with Crippen LogP contribution in [0.3, 0.4) is 0 Å². The molecule has 2 heteroatoms. The van der Waals surface area contributed by atoms with Gasteiger partial charge in [0.2, 0.25) is 0 Å². The van der Waals surface area contributed by atoms with Crippen LogP contribution in [-0.4, -0.2) is 6.67 Å². The molecule has 0 aliphatic carbocycles. The molecule has 0 aromatic heterocycles. The summed E-state index contributed by atoms with van der Waals surface area (Å²) < 4.78 is 10.2. The Morgan fingerprint density at radius 1 is 1.75 bits per heavy atom. The first-order chi connectivity index (χ1) is 1.41. The molecule has 0 atom stereocenters. The Morgan fingerprint density at radius 3 is 1.75 bits per heavy atom. The van der Waals surface area contributed by atoms with Gasteiger partial charge in [0.15, 0.2) is 0 Å². The van der Waals surface area contributed by atoms with Gasteiger partial charge in [0.05, 0.1) is 0 Å². The standard InChI is InChI=1S/C2H4F.Y/c1-2-3;/h1-2H2;/q-1;. The molecule has 23 valence electrons. The van der Waals surface area contributed by atoms with E-state index in [4.69, 9.17) is 0 Å². The summed E-state index contributed by atoms with van der Waals surface area (Å²) >= 11 is 0. The zero-order valence-corrected chi connectivity index (χ0v) is 5.21. The topological polar surface area (TPSA) is 0 Å². The fourth-order valence-electron chi connectivity index (χ4n) is 0. The van der Waals surface area contributed by atoms with Gasteiger partial charge in [0.1, 0.15) is 0 Å². The Balaban J connectivity index is 0. The van der Waals surface area contributed by atoms with Crippen molar-refractivity contribution in [2.45, 2.75) is 0 Å².